The van der Waals surface area contributed by atoms with E-state index in [0.29, 0.717) is 0 Å². The lowest BCUT2D eigenvalue weighted by atomic mass is 10.0. The number of rotatable bonds is 7. The van der Waals surface area contributed by atoms with Crippen molar-refractivity contribution < 1.29 is 9.53 Å². The molecule has 0 radical (unpaired) electrons. The molecule has 0 saturated heterocycles. The maximum absolute atomic E-state index is 12.3. The Kier molecular flexibility index (Phi) is 5.88. The summed E-state index contributed by atoms with van der Waals surface area (Å²) in [5.41, 5.74) is 3.99. The number of hydrogen-bond donors (Lipinski definition) is 2. The van der Waals surface area contributed by atoms with Gasteiger partial charge in [0.1, 0.15) is 5.75 Å². The maximum Gasteiger partial charge on any atom is 0.243 e. The lowest BCUT2D eigenvalue weighted by molar-refractivity contribution is -0.114. The highest BCUT2D eigenvalue weighted by Gasteiger charge is 2.07. The highest BCUT2D eigenvalue weighted by Crippen LogP contribution is 2.20. The van der Waals surface area contributed by atoms with Gasteiger partial charge in [-0.2, -0.15) is 0 Å². The van der Waals surface area contributed by atoms with Crippen LogP contribution in [0.3, 0.4) is 0 Å². The minimum Gasteiger partial charge on any atom is -0.497 e. The van der Waals surface area contributed by atoms with Crippen LogP contribution in [0.4, 0.5) is 11.4 Å². The third-order valence-electron chi connectivity index (χ3n) is 4.05. The first-order valence-electron chi connectivity index (χ1n) is 8.54. The van der Waals surface area contributed by atoms with Gasteiger partial charge in [-0.1, -0.05) is 54.6 Å². The lowest BCUT2D eigenvalue weighted by Crippen LogP contribution is -2.22. The highest BCUT2D eigenvalue weighted by molar-refractivity contribution is 5.94. The van der Waals surface area contributed by atoms with Crippen LogP contribution >= 0.6 is 0 Å². The second-order valence-electron chi connectivity index (χ2n) is 5.95. The van der Waals surface area contributed by atoms with Gasteiger partial charge in [0.25, 0.3) is 0 Å². The van der Waals surface area contributed by atoms with Crippen molar-refractivity contribution in [3.63, 3.8) is 0 Å². The molecule has 3 aromatic rings. The third-order valence-corrected chi connectivity index (χ3v) is 4.05. The Bertz CT molecular complexity index is 863. The van der Waals surface area contributed by atoms with Crippen LogP contribution in [-0.2, 0) is 11.2 Å². The molecule has 4 nitrogen and oxygen atoms in total. The summed E-state index contributed by atoms with van der Waals surface area (Å²) < 4.78 is 5.19. The quantitative estimate of drug-likeness (QED) is 0.669. The molecule has 2 N–H and O–H groups in total. The van der Waals surface area contributed by atoms with E-state index in [2.05, 4.69) is 22.8 Å². The predicted octanol–water partition coefficient (Wildman–Crippen LogP) is 4.34. The van der Waals surface area contributed by atoms with Gasteiger partial charge in [-0.3, -0.25) is 4.79 Å². The molecule has 0 aliphatic heterocycles. The number of hydrogen-bond acceptors (Lipinski definition) is 3. The zero-order valence-electron chi connectivity index (χ0n) is 14.7. The molecule has 0 spiro atoms. The van der Waals surface area contributed by atoms with E-state index in [-0.39, 0.29) is 12.5 Å². The van der Waals surface area contributed by atoms with Crippen LogP contribution in [0.2, 0.25) is 0 Å². The summed E-state index contributed by atoms with van der Waals surface area (Å²) >= 11 is 0. The number of amides is 1. The van der Waals surface area contributed by atoms with Crippen LogP contribution in [0.25, 0.3) is 0 Å². The Morgan fingerprint density at radius 3 is 2.50 bits per heavy atom. The minimum absolute atomic E-state index is 0.0895. The summed E-state index contributed by atoms with van der Waals surface area (Å²) in [6, 6.07) is 25.6. The maximum atomic E-state index is 12.3. The number of para-hydroxylation sites is 1. The summed E-state index contributed by atoms with van der Waals surface area (Å²) in [6.07, 6.45) is 0.778. The van der Waals surface area contributed by atoms with E-state index < -0.39 is 0 Å². The van der Waals surface area contributed by atoms with Gasteiger partial charge in [0.15, 0.2) is 0 Å². The topological polar surface area (TPSA) is 50.4 Å². The number of ether oxygens (including phenoxy) is 1. The van der Waals surface area contributed by atoms with Gasteiger partial charge in [-0.15, -0.1) is 0 Å². The van der Waals surface area contributed by atoms with Crippen LogP contribution in [0.1, 0.15) is 11.1 Å². The Balaban J connectivity index is 1.62. The minimum atomic E-state index is -0.0895. The zero-order chi connectivity index (χ0) is 18.2. The molecular weight excluding hydrogens is 324 g/mol. The molecule has 0 unspecified atom stereocenters. The number of benzene rings is 3. The first kappa shape index (κ1) is 17.5. The van der Waals surface area contributed by atoms with Crippen molar-refractivity contribution in [2.45, 2.75) is 6.42 Å². The fraction of sp³-hybridized carbons (Fsp3) is 0.136. The molecule has 0 aliphatic rings. The Labute approximate surface area is 153 Å². The van der Waals surface area contributed by atoms with E-state index in [1.807, 2.05) is 66.7 Å². The number of carbonyl (C=O) groups excluding carboxylic acids is 1. The van der Waals surface area contributed by atoms with Gasteiger partial charge in [-0.25, -0.2) is 0 Å². The highest BCUT2D eigenvalue weighted by atomic mass is 16.5. The van der Waals surface area contributed by atoms with E-state index >= 15 is 0 Å². The van der Waals surface area contributed by atoms with Crippen molar-refractivity contribution >= 4 is 17.3 Å². The van der Waals surface area contributed by atoms with Crippen molar-refractivity contribution in [1.82, 2.24) is 0 Å². The van der Waals surface area contributed by atoms with Crippen LogP contribution < -0.4 is 15.4 Å². The normalized spacial score (nSPS) is 10.2. The van der Waals surface area contributed by atoms with Gasteiger partial charge in [-0.05, 0) is 35.7 Å². The third kappa shape index (κ3) is 4.86. The molecular formula is C22H22N2O2. The van der Waals surface area contributed by atoms with Crippen LogP contribution in [0, 0.1) is 0 Å². The van der Waals surface area contributed by atoms with Crippen molar-refractivity contribution in [3.8, 4) is 5.75 Å². The van der Waals surface area contributed by atoms with Gasteiger partial charge >= 0.3 is 0 Å². The first-order valence-corrected chi connectivity index (χ1v) is 8.54. The molecule has 0 fully saturated rings. The van der Waals surface area contributed by atoms with E-state index in [9.17, 15) is 4.79 Å². The molecule has 26 heavy (non-hydrogen) atoms. The molecule has 0 aliphatic carbocycles. The van der Waals surface area contributed by atoms with Crippen molar-refractivity contribution in [1.29, 1.82) is 0 Å². The average molecular weight is 346 g/mol. The molecule has 0 atom stereocenters. The molecule has 0 aromatic heterocycles. The second-order valence-corrected chi connectivity index (χ2v) is 5.95. The summed E-state index contributed by atoms with van der Waals surface area (Å²) in [4.78, 5) is 12.3. The van der Waals surface area contributed by atoms with Crippen LogP contribution in [0.5, 0.6) is 5.75 Å². The zero-order valence-corrected chi connectivity index (χ0v) is 14.7. The largest absolute Gasteiger partial charge is 0.497 e. The fourth-order valence-electron chi connectivity index (χ4n) is 2.72. The molecule has 0 heterocycles. The molecule has 4 heteroatoms. The molecule has 0 saturated carbocycles. The number of nitrogens with one attached hydrogen (secondary N) is 2. The van der Waals surface area contributed by atoms with Crippen LogP contribution in [0.15, 0.2) is 78.9 Å². The SMILES string of the molecule is COc1cccc(NCC(=O)Nc2ccccc2Cc2ccccc2)c1. The summed E-state index contributed by atoms with van der Waals surface area (Å²) in [5.74, 6) is 0.664. The Morgan fingerprint density at radius 2 is 1.69 bits per heavy atom. The molecule has 132 valence electrons. The number of anilines is 2. The smallest absolute Gasteiger partial charge is 0.243 e. The monoisotopic (exact) mass is 346 g/mol. The fourth-order valence-corrected chi connectivity index (χ4v) is 2.72. The van der Waals surface area contributed by atoms with Crippen molar-refractivity contribution in [3.05, 3.63) is 90.0 Å². The Hall–Kier alpha value is -3.27. The first-order chi connectivity index (χ1) is 12.7. The van der Waals surface area contributed by atoms with Crippen molar-refractivity contribution in [2.24, 2.45) is 0 Å². The van der Waals surface area contributed by atoms with E-state index in [0.717, 1.165) is 29.1 Å². The Morgan fingerprint density at radius 1 is 0.923 bits per heavy atom. The second kappa shape index (κ2) is 8.72. The molecule has 1 amide bonds. The summed E-state index contributed by atoms with van der Waals surface area (Å²) in [7, 11) is 1.62. The number of methoxy groups -OCH3 is 1. The summed E-state index contributed by atoms with van der Waals surface area (Å²) in [5, 5.41) is 6.11. The molecule has 3 aromatic carbocycles. The van der Waals surface area contributed by atoms with E-state index in [1.54, 1.807) is 7.11 Å². The van der Waals surface area contributed by atoms with Crippen LogP contribution in [-0.4, -0.2) is 19.6 Å². The van der Waals surface area contributed by atoms with E-state index in [1.165, 1.54) is 5.56 Å². The summed E-state index contributed by atoms with van der Waals surface area (Å²) in [6.45, 7) is 0.187. The van der Waals surface area contributed by atoms with Gasteiger partial charge in [0.2, 0.25) is 5.91 Å². The van der Waals surface area contributed by atoms with Crippen molar-refractivity contribution in [2.75, 3.05) is 24.3 Å². The lowest BCUT2D eigenvalue weighted by Gasteiger charge is -2.12. The molecule has 3 rings (SSSR count). The van der Waals surface area contributed by atoms with Gasteiger partial charge in [0.05, 0.1) is 13.7 Å². The molecule has 0 bridgehead atoms. The average Bonchev–Trinajstić information content (AvgIpc) is 2.69. The van der Waals surface area contributed by atoms with Gasteiger partial charge < -0.3 is 15.4 Å². The standard InChI is InChI=1S/C22H22N2O2/c1-26-20-12-7-11-19(15-20)23-16-22(25)24-21-13-6-5-10-18(21)14-17-8-3-2-4-9-17/h2-13,15,23H,14,16H2,1H3,(H,24,25). The van der Waals surface area contributed by atoms with E-state index in [4.69, 9.17) is 4.74 Å². The number of carbonyl (C=O) groups is 1. The van der Waals surface area contributed by atoms with Gasteiger partial charge in [0, 0.05) is 17.4 Å². The predicted molar refractivity (Wildman–Crippen MR) is 106 cm³/mol.